The minimum atomic E-state index is 0. The van der Waals surface area contributed by atoms with Gasteiger partial charge in [0.1, 0.15) is 18.1 Å². The van der Waals surface area contributed by atoms with E-state index in [2.05, 4.69) is 37.4 Å². The second kappa shape index (κ2) is 11.0. The van der Waals surface area contributed by atoms with Crippen LogP contribution >= 0.6 is 24.0 Å². The zero-order valence-corrected chi connectivity index (χ0v) is 21.8. The molecule has 2 fully saturated rings. The molecule has 9 nitrogen and oxygen atoms in total. The van der Waals surface area contributed by atoms with Gasteiger partial charge in [-0.3, -0.25) is 4.90 Å². The average molecular weight is 567 g/mol. The highest BCUT2D eigenvalue weighted by molar-refractivity contribution is 14.0. The van der Waals surface area contributed by atoms with Gasteiger partial charge in [0.05, 0.1) is 25.9 Å². The van der Waals surface area contributed by atoms with Gasteiger partial charge in [0.2, 0.25) is 0 Å². The minimum absolute atomic E-state index is 0. The van der Waals surface area contributed by atoms with E-state index in [1.807, 2.05) is 30.7 Å². The molecule has 1 N–H and O–H groups in total. The highest BCUT2D eigenvalue weighted by atomic mass is 127. The molecule has 180 valence electrons. The number of aliphatic imine (C=N–C) groups is 1. The number of fused-ring (bicyclic) bond motifs is 1. The first-order chi connectivity index (χ1) is 15.7. The standard InChI is InChI=1S/C23H33N7O2.HI/c1-17-26-27-22(28(17)2)15-24-23(25-20-8-12-32-21-6-4-3-5-19(20)21)30-9-7-18(16-30)29-10-13-31-14-11-29;/h3-6,18,20H,7-16H2,1-2H3,(H,24,25);1H. The van der Waals surface area contributed by atoms with Gasteiger partial charge >= 0.3 is 0 Å². The van der Waals surface area contributed by atoms with Crippen molar-refractivity contribution in [2.24, 2.45) is 12.0 Å². The predicted octanol–water partition coefficient (Wildman–Crippen LogP) is 2.12. The fourth-order valence-electron chi connectivity index (χ4n) is 4.79. The molecular formula is C23H34IN7O2. The first-order valence-electron chi connectivity index (χ1n) is 11.6. The number of rotatable bonds is 4. The Labute approximate surface area is 212 Å². The van der Waals surface area contributed by atoms with Crippen molar-refractivity contribution in [3.8, 4) is 5.75 Å². The quantitative estimate of drug-likeness (QED) is 0.345. The molecule has 0 spiro atoms. The van der Waals surface area contributed by atoms with E-state index in [0.717, 1.165) is 75.6 Å². The van der Waals surface area contributed by atoms with Crippen molar-refractivity contribution in [2.75, 3.05) is 46.0 Å². The highest BCUT2D eigenvalue weighted by Gasteiger charge is 2.32. The van der Waals surface area contributed by atoms with Crippen LogP contribution in [0.25, 0.3) is 0 Å². The van der Waals surface area contributed by atoms with Crippen LogP contribution in [0.15, 0.2) is 29.3 Å². The van der Waals surface area contributed by atoms with Crippen molar-refractivity contribution in [1.82, 2.24) is 29.9 Å². The summed E-state index contributed by atoms with van der Waals surface area (Å²) in [6.45, 7) is 8.86. The summed E-state index contributed by atoms with van der Waals surface area (Å²) in [6.07, 6.45) is 2.06. The van der Waals surface area contributed by atoms with Gasteiger partial charge in [-0.1, -0.05) is 18.2 Å². The summed E-state index contributed by atoms with van der Waals surface area (Å²) in [6, 6.07) is 9.03. The number of likely N-dealkylation sites (tertiary alicyclic amines) is 1. The lowest BCUT2D eigenvalue weighted by Crippen LogP contribution is -2.47. The molecule has 5 rings (SSSR count). The number of ether oxygens (including phenoxy) is 2. The molecule has 2 saturated heterocycles. The number of hydrogen-bond donors (Lipinski definition) is 1. The van der Waals surface area contributed by atoms with Crippen LogP contribution in [0.5, 0.6) is 5.75 Å². The molecular weight excluding hydrogens is 533 g/mol. The Morgan fingerprint density at radius 1 is 1.12 bits per heavy atom. The Morgan fingerprint density at radius 2 is 1.94 bits per heavy atom. The van der Waals surface area contributed by atoms with Crippen molar-refractivity contribution in [3.05, 3.63) is 41.5 Å². The van der Waals surface area contributed by atoms with Crippen LogP contribution in [0.3, 0.4) is 0 Å². The molecule has 2 aromatic rings. The molecule has 0 aliphatic carbocycles. The van der Waals surface area contributed by atoms with Gasteiger partial charge in [-0.15, -0.1) is 34.2 Å². The first-order valence-corrected chi connectivity index (χ1v) is 11.6. The normalized spacial score (nSPS) is 23.6. The molecule has 0 radical (unpaired) electrons. The summed E-state index contributed by atoms with van der Waals surface area (Å²) in [5.41, 5.74) is 1.20. The SMILES string of the molecule is Cc1nnc(CN=C(NC2CCOc3ccccc32)N2CCC(N3CCOCC3)C2)n1C.I. The molecule has 33 heavy (non-hydrogen) atoms. The van der Waals surface area contributed by atoms with Crippen LogP contribution in [0, 0.1) is 6.92 Å². The lowest BCUT2D eigenvalue weighted by molar-refractivity contribution is 0.0194. The topological polar surface area (TPSA) is 80.0 Å². The number of nitrogens with one attached hydrogen (secondary N) is 1. The summed E-state index contributed by atoms with van der Waals surface area (Å²) in [7, 11) is 1.99. The number of morpholine rings is 1. The maximum atomic E-state index is 5.87. The molecule has 3 aliphatic rings. The maximum absolute atomic E-state index is 5.87. The molecule has 1 aromatic carbocycles. The molecule has 4 heterocycles. The second-order valence-electron chi connectivity index (χ2n) is 8.77. The predicted molar refractivity (Wildman–Crippen MR) is 137 cm³/mol. The Bertz CT molecular complexity index is 960. The summed E-state index contributed by atoms with van der Waals surface area (Å²) < 4.78 is 13.4. The van der Waals surface area contributed by atoms with E-state index in [4.69, 9.17) is 14.5 Å². The van der Waals surface area contributed by atoms with Gasteiger partial charge in [-0.25, -0.2) is 4.99 Å². The Kier molecular flexibility index (Phi) is 8.07. The van der Waals surface area contributed by atoms with E-state index in [1.54, 1.807) is 0 Å². The molecule has 10 heteroatoms. The number of aryl methyl sites for hydroxylation is 1. The van der Waals surface area contributed by atoms with E-state index >= 15 is 0 Å². The van der Waals surface area contributed by atoms with Crippen LogP contribution in [0.2, 0.25) is 0 Å². The van der Waals surface area contributed by atoms with Crippen molar-refractivity contribution in [3.63, 3.8) is 0 Å². The molecule has 0 bridgehead atoms. The first kappa shape index (κ1) is 24.2. The van der Waals surface area contributed by atoms with Gasteiger partial charge in [0, 0.05) is 51.3 Å². The van der Waals surface area contributed by atoms with Crippen molar-refractivity contribution >= 4 is 29.9 Å². The lowest BCUT2D eigenvalue weighted by Gasteiger charge is -2.33. The average Bonchev–Trinajstić information content (AvgIpc) is 3.45. The van der Waals surface area contributed by atoms with Gasteiger partial charge in [0.25, 0.3) is 0 Å². The molecule has 2 unspecified atom stereocenters. The maximum Gasteiger partial charge on any atom is 0.194 e. The van der Waals surface area contributed by atoms with Crippen molar-refractivity contribution in [2.45, 2.75) is 38.4 Å². The lowest BCUT2D eigenvalue weighted by atomic mass is 10.0. The summed E-state index contributed by atoms with van der Waals surface area (Å²) in [5.74, 6) is 3.69. The van der Waals surface area contributed by atoms with Gasteiger partial charge < -0.3 is 24.3 Å². The van der Waals surface area contributed by atoms with Crippen molar-refractivity contribution < 1.29 is 9.47 Å². The van der Waals surface area contributed by atoms with E-state index in [0.29, 0.717) is 19.2 Å². The molecule has 2 atom stereocenters. The molecule has 0 amide bonds. The summed E-state index contributed by atoms with van der Waals surface area (Å²) in [4.78, 5) is 9.99. The number of hydrogen-bond acceptors (Lipinski definition) is 6. The van der Waals surface area contributed by atoms with E-state index in [1.165, 1.54) is 5.56 Å². The van der Waals surface area contributed by atoms with E-state index in [9.17, 15) is 0 Å². The number of halogens is 1. The number of para-hydroxylation sites is 1. The monoisotopic (exact) mass is 567 g/mol. The van der Waals surface area contributed by atoms with Crippen LogP contribution in [-0.2, 0) is 18.3 Å². The zero-order chi connectivity index (χ0) is 21.9. The third-order valence-electron chi connectivity index (χ3n) is 6.84. The zero-order valence-electron chi connectivity index (χ0n) is 19.4. The third-order valence-corrected chi connectivity index (χ3v) is 6.84. The van der Waals surface area contributed by atoms with Crippen LogP contribution in [-0.4, -0.2) is 82.6 Å². The van der Waals surface area contributed by atoms with Gasteiger partial charge in [0.15, 0.2) is 11.8 Å². The largest absolute Gasteiger partial charge is 0.493 e. The number of benzene rings is 1. The fourth-order valence-corrected chi connectivity index (χ4v) is 4.79. The molecule has 1 aromatic heterocycles. The Balaban J connectivity index is 0.00000259. The van der Waals surface area contributed by atoms with Gasteiger partial charge in [-0.2, -0.15) is 0 Å². The highest BCUT2D eigenvalue weighted by Crippen LogP contribution is 2.32. The smallest absolute Gasteiger partial charge is 0.194 e. The van der Waals surface area contributed by atoms with Crippen molar-refractivity contribution in [1.29, 1.82) is 0 Å². The van der Waals surface area contributed by atoms with Crippen LogP contribution in [0.1, 0.15) is 36.1 Å². The van der Waals surface area contributed by atoms with E-state index < -0.39 is 0 Å². The fraction of sp³-hybridized carbons (Fsp3) is 0.609. The number of aromatic nitrogens is 3. The van der Waals surface area contributed by atoms with E-state index in [-0.39, 0.29) is 30.0 Å². The number of nitrogens with zero attached hydrogens (tertiary/aromatic N) is 6. The minimum Gasteiger partial charge on any atom is -0.493 e. The molecule has 0 saturated carbocycles. The van der Waals surface area contributed by atoms with Gasteiger partial charge in [-0.05, 0) is 19.4 Å². The summed E-state index contributed by atoms with van der Waals surface area (Å²) in [5, 5.41) is 12.3. The molecule has 3 aliphatic heterocycles. The van der Waals surface area contributed by atoms with Crippen LogP contribution in [0.4, 0.5) is 0 Å². The number of guanidine groups is 1. The second-order valence-corrected chi connectivity index (χ2v) is 8.77. The Hall–Kier alpha value is -1.92. The Morgan fingerprint density at radius 3 is 2.73 bits per heavy atom. The summed E-state index contributed by atoms with van der Waals surface area (Å²) >= 11 is 0. The third kappa shape index (κ3) is 5.43. The van der Waals surface area contributed by atoms with Crippen LogP contribution < -0.4 is 10.1 Å².